The van der Waals surface area contributed by atoms with Crippen molar-refractivity contribution in [2.45, 2.75) is 6.54 Å². The highest BCUT2D eigenvalue weighted by Crippen LogP contribution is 2.27. The monoisotopic (exact) mass is 253 g/mol. The number of hydrogen-bond acceptors (Lipinski definition) is 4. The minimum atomic E-state index is 0.320. The highest BCUT2D eigenvalue weighted by Gasteiger charge is 2.12. The van der Waals surface area contributed by atoms with Crippen molar-refractivity contribution in [3.8, 4) is 11.3 Å². The van der Waals surface area contributed by atoms with Crippen LogP contribution >= 0.6 is 15.9 Å². The van der Waals surface area contributed by atoms with Crippen LogP contribution in [0.25, 0.3) is 11.3 Å². The maximum Gasteiger partial charge on any atom is 0.140 e. The van der Waals surface area contributed by atoms with E-state index >= 15 is 0 Å². The normalized spacial score (nSPS) is 10.4. The number of halogens is 1. The first-order valence-corrected chi connectivity index (χ1v) is 4.88. The highest BCUT2D eigenvalue weighted by atomic mass is 79.9. The molecule has 1 heterocycles. The molecule has 2 rings (SSSR count). The van der Waals surface area contributed by atoms with Crippen LogP contribution in [0.3, 0.4) is 0 Å². The second-order valence-corrected chi connectivity index (χ2v) is 3.60. The van der Waals surface area contributed by atoms with E-state index in [0.29, 0.717) is 17.9 Å². The highest BCUT2D eigenvalue weighted by molar-refractivity contribution is 9.10. The van der Waals surface area contributed by atoms with Crippen LogP contribution in [0.5, 0.6) is 0 Å². The smallest absolute Gasteiger partial charge is 0.140 e. The van der Waals surface area contributed by atoms with E-state index in [4.69, 9.17) is 5.73 Å². The van der Waals surface area contributed by atoms with Crippen molar-refractivity contribution >= 4 is 15.9 Å². The first-order chi connectivity index (χ1) is 6.83. The van der Waals surface area contributed by atoms with E-state index in [1.165, 1.54) is 0 Å². The average molecular weight is 254 g/mol. The van der Waals surface area contributed by atoms with Crippen LogP contribution in [-0.4, -0.2) is 10.3 Å². The lowest BCUT2D eigenvalue weighted by Gasteiger charge is -1.99. The van der Waals surface area contributed by atoms with E-state index in [0.717, 1.165) is 10.0 Å². The lowest BCUT2D eigenvalue weighted by molar-refractivity contribution is 0.304. The zero-order chi connectivity index (χ0) is 9.97. The van der Waals surface area contributed by atoms with Gasteiger partial charge in [-0.15, -0.1) is 0 Å². The average Bonchev–Trinajstić information content (AvgIpc) is 2.66. The van der Waals surface area contributed by atoms with Gasteiger partial charge in [0.25, 0.3) is 0 Å². The molecule has 14 heavy (non-hydrogen) atoms. The summed E-state index contributed by atoms with van der Waals surface area (Å²) in [6.07, 6.45) is 0. The van der Waals surface area contributed by atoms with Crippen LogP contribution in [0, 0.1) is 0 Å². The van der Waals surface area contributed by atoms with E-state index in [2.05, 4.69) is 30.9 Å². The molecule has 1 aromatic carbocycles. The number of rotatable bonds is 2. The van der Waals surface area contributed by atoms with Crippen LogP contribution < -0.4 is 5.73 Å². The second kappa shape index (κ2) is 3.89. The maximum atomic E-state index is 5.50. The Kier molecular flexibility index (Phi) is 2.60. The molecule has 0 aliphatic carbocycles. The fourth-order valence-corrected chi connectivity index (χ4v) is 1.67. The molecule has 1 aromatic heterocycles. The summed E-state index contributed by atoms with van der Waals surface area (Å²) in [6.45, 7) is 0.320. The summed E-state index contributed by atoms with van der Waals surface area (Å²) < 4.78 is 5.59. The Labute approximate surface area is 89.2 Å². The zero-order valence-corrected chi connectivity index (χ0v) is 8.86. The Morgan fingerprint density at radius 3 is 2.79 bits per heavy atom. The Morgan fingerprint density at radius 2 is 2.07 bits per heavy atom. The van der Waals surface area contributed by atoms with Gasteiger partial charge in [-0.3, -0.25) is 0 Å². The summed E-state index contributed by atoms with van der Waals surface area (Å²) in [7, 11) is 0. The first-order valence-electron chi connectivity index (χ1n) is 4.09. The predicted octanol–water partition coefficient (Wildman–Crippen LogP) is 1.96. The largest absolute Gasteiger partial charge is 0.325 e. The molecule has 0 amide bonds. The topological polar surface area (TPSA) is 64.9 Å². The number of nitrogens with zero attached hydrogens (tertiary/aromatic N) is 2. The van der Waals surface area contributed by atoms with Gasteiger partial charge >= 0.3 is 0 Å². The first kappa shape index (κ1) is 9.36. The van der Waals surface area contributed by atoms with Crippen molar-refractivity contribution in [1.29, 1.82) is 0 Å². The zero-order valence-electron chi connectivity index (χ0n) is 7.27. The van der Waals surface area contributed by atoms with E-state index in [9.17, 15) is 0 Å². The number of benzene rings is 1. The van der Waals surface area contributed by atoms with Gasteiger partial charge in [0, 0.05) is 16.6 Å². The Morgan fingerprint density at radius 1 is 1.29 bits per heavy atom. The summed E-state index contributed by atoms with van der Waals surface area (Å²) >= 11 is 3.43. The SMILES string of the molecule is NCc1nonc1-c1ccccc1Br. The van der Waals surface area contributed by atoms with Gasteiger partial charge in [-0.2, -0.15) is 0 Å². The molecule has 0 bridgehead atoms. The molecule has 4 nitrogen and oxygen atoms in total. The maximum absolute atomic E-state index is 5.50. The molecule has 0 fully saturated rings. The standard InChI is InChI=1S/C9H8BrN3O/c10-7-4-2-1-3-6(7)9-8(5-11)12-14-13-9/h1-4H,5,11H2. The van der Waals surface area contributed by atoms with Crippen molar-refractivity contribution < 1.29 is 4.63 Å². The van der Waals surface area contributed by atoms with Gasteiger partial charge in [0.05, 0.1) is 0 Å². The van der Waals surface area contributed by atoms with Crippen LogP contribution in [0.4, 0.5) is 0 Å². The van der Waals surface area contributed by atoms with Crippen LogP contribution in [0.2, 0.25) is 0 Å². The number of hydrogen-bond donors (Lipinski definition) is 1. The summed E-state index contributed by atoms with van der Waals surface area (Å²) in [5, 5.41) is 7.54. The van der Waals surface area contributed by atoms with E-state index in [-0.39, 0.29) is 0 Å². The Bertz CT molecular complexity index is 441. The van der Waals surface area contributed by atoms with E-state index in [1.54, 1.807) is 0 Å². The van der Waals surface area contributed by atoms with Gasteiger partial charge < -0.3 is 5.73 Å². The molecule has 0 aliphatic rings. The summed E-state index contributed by atoms with van der Waals surface area (Å²) in [4.78, 5) is 0. The molecule has 0 atom stereocenters. The quantitative estimate of drug-likeness (QED) is 0.889. The molecular weight excluding hydrogens is 246 g/mol. The third-order valence-electron chi connectivity index (χ3n) is 1.88. The van der Waals surface area contributed by atoms with E-state index in [1.807, 2.05) is 24.3 Å². The summed E-state index contributed by atoms with van der Waals surface area (Å²) in [6, 6.07) is 7.73. The molecule has 0 radical (unpaired) electrons. The lowest BCUT2D eigenvalue weighted by atomic mass is 10.1. The molecule has 0 aliphatic heterocycles. The third-order valence-corrected chi connectivity index (χ3v) is 2.57. The Hall–Kier alpha value is -1.20. The number of nitrogens with two attached hydrogens (primary N) is 1. The molecule has 2 aromatic rings. The van der Waals surface area contributed by atoms with Gasteiger partial charge in [0.15, 0.2) is 0 Å². The van der Waals surface area contributed by atoms with Gasteiger partial charge in [-0.1, -0.05) is 39.3 Å². The van der Waals surface area contributed by atoms with Crippen molar-refractivity contribution in [3.63, 3.8) is 0 Å². The predicted molar refractivity (Wildman–Crippen MR) is 55.3 cm³/mol. The minimum absolute atomic E-state index is 0.320. The fraction of sp³-hybridized carbons (Fsp3) is 0.111. The van der Waals surface area contributed by atoms with Crippen molar-refractivity contribution in [3.05, 3.63) is 34.4 Å². The molecule has 72 valence electrons. The van der Waals surface area contributed by atoms with Gasteiger partial charge in [-0.25, -0.2) is 4.63 Å². The fourth-order valence-electron chi connectivity index (χ4n) is 1.20. The minimum Gasteiger partial charge on any atom is -0.325 e. The Balaban J connectivity index is 2.54. The summed E-state index contributed by atoms with van der Waals surface area (Å²) in [5.41, 5.74) is 7.80. The molecule has 5 heteroatoms. The molecular formula is C9H8BrN3O. The van der Waals surface area contributed by atoms with Crippen molar-refractivity contribution in [2.24, 2.45) is 5.73 Å². The van der Waals surface area contributed by atoms with E-state index < -0.39 is 0 Å². The van der Waals surface area contributed by atoms with Crippen molar-refractivity contribution in [1.82, 2.24) is 10.3 Å². The number of aromatic nitrogens is 2. The molecule has 0 unspecified atom stereocenters. The van der Waals surface area contributed by atoms with Crippen LogP contribution in [0.15, 0.2) is 33.4 Å². The molecule has 0 saturated heterocycles. The van der Waals surface area contributed by atoms with Gasteiger partial charge in [0.2, 0.25) is 0 Å². The third kappa shape index (κ3) is 1.56. The van der Waals surface area contributed by atoms with Crippen molar-refractivity contribution in [2.75, 3.05) is 0 Å². The van der Waals surface area contributed by atoms with Gasteiger partial charge in [-0.05, 0) is 11.2 Å². The lowest BCUT2D eigenvalue weighted by Crippen LogP contribution is -1.98. The molecule has 0 spiro atoms. The van der Waals surface area contributed by atoms with Crippen LogP contribution in [-0.2, 0) is 6.54 Å². The molecule has 2 N–H and O–H groups in total. The second-order valence-electron chi connectivity index (χ2n) is 2.74. The summed E-state index contributed by atoms with van der Waals surface area (Å²) in [5.74, 6) is 0. The van der Waals surface area contributed by atoms with Gasteiger partial charge in [0.1, 0.15) is 11.4 Å². The molecule has 0 saturated carbocycles. The van der Waals surface area contributed by atoms with Crippen LogP contribution in [0.1, 0.15) is 5.69 Å².